The first-order valence-electron chi connectivity index (χ1n) is 8.97. The number of nitrogens with zero attached hydrogens (tertiary/aromatic N) is 3. The van der Waals surface area contributed by atoms with E-state index >= 15 is 0 Å². The minimum Gasteiger partial charge on any atom is -0.338 e. The maximum Gasteiger partial charge on any atom is 0.263 e. The van der Waals surface area contributed by atoms with Gasteiger partial charge in [0.05, 0.1) is 5.69 Å². The maximum atomic E-state index is 12.7. The van der Waals surface area contributed by atoms with Crippen molar-refractivity contribution in [3.05, 3.63) is 55.9 Å². The fourth-order valence-corrected chi connectivity index (χ4v) is 3.49. The van der Waals surface area contributed by atoms with E-state index in [-0.39, 0.29) is 28.5 Å². The molecule has 136 valence electrons. The molecule has 0 unspecified atom stereocenters. The summed E-state index contributed by atoms with van der Waals surface area (Å²) in [5.74, 6) is 1.48. The molecule has 0 bridgehead atoms. The fraction of sp³-hybridized carbons (Fsp3) is 0.500. The summed E-state index contributed by atoms with van der Waals surface area (Å²) in [6.45, 7) is 2.82. The number of carbonyl (C=O) groups is 1. The summed E-state index contributed by atoms with van der Waals surface area (Å²) in [6.07, 6.45) is 4.92. The second-order valence-electron chi connectivity index (χ2n) is 7.11. The van der Waals surface area contributed by atoms with Crippen LogP contribution in [0.1, 0.15) is 65.2 Å². The van der Waals surface area contributed by atoms with Crippen LogP contribution in [-0.4, -0.2) is 43.8 Å². The Morgan fingerprint density at radius 1 is 1.12 bits per heavy atom. The Hall–Kier alpha value is -2.77. The molecule has 1 amide bonds. The number of nitrogens with one attached hydrogen (secondary N) is 2. The number of aryl methyl sites for hydroxylation is 1. The third kappa shape index (κ3) is 3.31. The molecule has 2 aromatic heterocycles. The lowest BCUT2D eigenvalue weighted by molar-refractivity contribution is 0.0709. The van der Waals surface area contributed by atoms with Crippen LogP contribution in [0.15, 0.2) is 21.9 Å². The van der Waals surface area contributed by atoms with Crippen molar-refractivity contribution in [1.29, 1.82) is 0 Å². The van der Waals surface area contributed by atoms with Gasteiger partial charge in [-0.3, -0.25) is 14.4 Å². The van der Waals surface area contributed by atoms with Gasteiger partial charge in [0, 0.05) is 37.2 Å². The van der Waals surface area contributed by atoms with Gasteiger partial charge in [-0.05, 0) is 32.6 Å². The Morgan fingerprint density at radius 2 is 1.85 bits per heavy atom. The number of H-pyrrole nitrogens is 2. The molecular weight excluding hydrogens is 334 g/mol. The van der Waals surface area contributed by atoms with Crippen molar-refractivity contribution in [3.8, 4) is 0 Å². The minimum atomic E-state index is -0.360. The van der Waals surface area contributed by atoms with Gasteiger partial charge in [0.2, 0.25) is 0 Å². The number of hydrogen-bond donors (Lipinski definition) is 2. The maximum absolute atomic E-state index is 12.7. The predicted octanol–water partition coefficient (Wildman–Crippen LogP) is 1.06. The number of piperidine rings is 1. The highest BCUT2D eigenvalue weighted by Crippen LogP contribution is 2.37. The zero-order chi connectivity index (χ0) is 18.3. The van der Waals surface area contributed by atoms with E-state index in [2.05, 4.69) is 19.9 Å². The van der Waals surface area contributed by atoms with Gasteiger partial charge in [0.1, 0.15) is 17.2 Å². The molecule has 2 fully saturated rings. The Labute approximate surface area is 149 Å². The molecule has 1 saturated heterocycles. The number of rotatable bonds is 3. The van der Waals surface area contributed by atoms with Crippen molar-refractivity contribution in [2.75, 3.05) is 13.1 Å². The standard InChI is InChI=1S/C18H21N5O3/c1-10-20-14(8-15(24)21-10)11-4-6-23(7-5-11)18(26)13-9-19-16(12-2-3-12)22-17(13)25/h8-9,11-12H,2-7H2,1H3,(H,19,22,25)(H,20,21,24). The van der Waals surface area contributed by atoms with Crippen LogP contribution < -0.4 is 11.1 Å². The number of carbonyl (C=O) groups excluding carboxylic acids is 1. The summed E-state index contributed by atoms with van der Waals surface area (Å²) in [5.41, 5.74) is 0.352. The zero-order valence-corrected chi connectivity index (χ0v) is 14.6. The Balaban J connectivity index is 1.45. The van der Waals surface area contributed by atoms with Crippen LogP contribution in [0.5, 0.6) is 0 Å². The van der Waals surface area contributed by atoms with Crippen LogP contribution in [-0.2, 0) is 0 Å². The van der Waals surface area contributed by atoms with Crippen LogP contribution in [0.25, 0.3) is 0 Å². The molecule has 26 heavy (non-hydrogen) atoms. The monoisotopic (exact) mass is 355 g/mol. The Bertz CT molecular complexity index is 952. The van der Waals surface area contributed by atoms with Gasteiger partial charge in [-0.2, -0.15) is 0 Å². The van der Waals surface area contributed by atoms with Gasteiger partial charge in [-0.25, -0.2) is 9.97 Å². The number of amides is 1. The fourth-order valence-electron chi connectivity index (χ4n) is 3.49. The first-order valence-corrected chi connectivity index (χ1v) is 8.97. The van der Waals surface area contributed by atoms with E-state index in [1.54, 1.807) is 11.8 Å². The molecule has 2 aliphatic rings. The summed E-state index contributed by atoms with van der Waals surface area (Å²) < 4.78 is 0. The highest BCUT2D eigenvalue weighted by molar-refractivity contribution is 5.93. The molecule has 1 aliphatic heterocycles. The van der Waals surface area contributed by atoms with E-state index in [1.165, 1.54) is 12.3 Å². The van der Waals surface area contributed by atoms with Crippen LogP contribution >= 0.6 is 0 Å². The number of aromatic nitrogens is 4. The highest BCUT2D eigenvalue weighted by Gasteiger charge is 2.29. The summed E-state index contributed by atoms with van der Waals surface area (Å²) in [6, 6.07) is 1.53. The molecule has 0 aromatic carbocycles. The van der Waals surface area contributed by atoms with E-state index in [1.807, 2.05) is 0 Å². The van der Waals surface area contributed by atoms with Gasteiger partial charge < -0.3 is 14.9 Å². The van der Waals surface area contributed by atoms with Gasteiger partial charge in [0.25, 0.3) is 17.0 Å². The lowest BCUT2D eigenvalue weighted by Gasteiger charge is -2.31. The topological polar surface area (TPSA) is 112 Å². The van der Waals surface area contributed by atoms with Crippen LogP contribution in [0.2, 0.25) is 0 Å². The lowest BCUT2D eigenvalue weighted by atomic mass is 9.93. The second kappa shape index (κ2) is 6.51. The lowest BCUT2D eigenvalue weighted by Crippen LogP contribution is -2.40. The van der Waals surface area contributed by atoms with Crippen molar-refractivity contribution in [2.24, 2.45) is 0 Å². The second-order valence-corrected chi connectivity index (χ2v) is 7.11. The van der Waals surface area contributed by atoms with Crippen LogP contribution in [0.4, 0.5) is 0 Å². The van der Waals surface area contributed by atoms with Crippen molar-refractivity contribution in [1.82, 2.24) is 24.8 Å². The first kappa shape index (κ1) is 16.7. The molecule has 0 radical (unpaired) electrons. The summed E-state index contributed by atoms with van der Waals surface area (Å²) in [5, 5.41) is 0. The van der Waals surface area contributed by atoms with Crippen molar-refractivity contribution < 1.29 is 4.79 Å². The zero-order valence-electron chi connectivity index (χ0n) is 14.6. The van der Waals surface area contributed by atoms with Gasteiger partial charge in [-0.15, -0.1) is 0 Å². The summed E-state index contributed by atoms with van der Waals surface area (Å²) in [7, 11) is 0. The molecule has 3 heterocycles. The summed E-state index contributed by atoms with van der Waals surface area (Å²) in [4.78, 5) is 52.2. The SMILES string of the molecule is Cc1nc(C2CCN(C(=O)c3cnc(C4CC4)[nH]c3=O)CC2)cc(=O)[nH]1. The van der Waals surface area contributed by atoms with Crippen LogP contribution in [0.3, 0.4) is 0 Å². The van der Waals surface area contributed by atoms with E-state index in [4.69, 9.17) is 0 Å². The molecule has 0 atom stereocenters. The number of aromatic amines is 2. The average molecular weight is 355 g/mol. The van der Waals surface area contributed by atoms with Gasteiger partial charge in [-0.1, -0.05) is 0 Å². The third-order valence-electron chi connectivity index (χ3n) is 5.09. The van der Waals surface area contributed by atoms with E-state index < -0.39 is 0 Å². The van der Waals surface area contributed by atoms with E-state index in [0.29, 0.717) is 43.5 Å². The average Bonchev–Trinajstić information content (AvgIpc) is 3.45. The van der Waals surface area contributed by atoms with E-state index in [0.717, 1.165) is 18.5 Å². The molecule has 8 nitrogen and oxygen atoms in total. The molecule has 0 spiro atoms. The van der Waals surface area contributed by atoms with Crippen molar-refractivity contribution >= 4 is 5.91 Å². The molecule has 1 saturated carbocycles. The van der Waals surface area contributed by atoms with Crippen molar-refractivity contribution in [3.63, 3.8) is 0 Å². The van der Waals surface area contributed by atoms with Crippen molar-refractivity contribution in [2.45, 2.75) is 44.4 Å². The molecule has 4 rings (SSSR count). The number of likely N-dealkylation sites (tertiary alicyclic amines) is 1. The smallest absolute Gasteiger partial charge is 0.263 e. The first-order chi connectivity index (χ1) is 12.5. The predicted molar refractivity (Wildman–Crippen MR) is 94.3 cm³/mol. The summed E-state index contributed by atoms with van der Waals surface area (Å²) >= 11 is 0. The Morgan fingerprint density at radius 3 is 2.46 bits per heavy atom. The normalized spacial score (nSPS) is 18.1. The molecule has 1 aliphatic carbocycles. The molecule has 2 N–H and O–H groups in total. The molecular formula is C18H21N5O3. The number of hydrogen-bond acceptors (Lipinski definition) is 5. The highest BCUT2D eigenvalue weighted by atomic mass is 16.2. The third-order valence-corrected chi connectivity index (χ3v) is 5.09. The molecule has 2 aromatic rings. The quantitative estimate of drug-likeness (QED) is 0.855. The van der Waals surface area contributed by atoms with Gasteiger partial charge in [0.15, 0.2) is 0 Å². The van der Waals surface area contributed by atoms with Crippen LogP contribution in [0, 0.1) is 6.92 Å². The minimum absolute atomic E-state index is 0.0953. The Kier molecular flexibility index (Phi) is 4.18. The largest absolute Gasteiger partial charge is 0.338 e. The van der Waals surface area contributed by atoms with Gasteiger partial charge >= 0.3 is 0 Å². The molecule has 8 heteroatoms. The van der Waals surface area contributed by atoms with E-state index in [9.17, 15) is 14.4 Å².